The zero-order valence-electron chi connectivity index (χ0n) is 5.80. The van der Waals surface area contributed by atoms with Crippen molar-refractivity contribution in [2.24, 2.45) is 0 Å². The van der Waals surface area contributed by atoms with Crippen LogP contribution in [0.3, 0.4) is 0 Å². The molecule has 1 atom stereocenters. The molecule has 1 unspecified atom stereocenters. The zero-order valence-corrected chi connectivity index (χ0v) is 6.62. The van der Waals surface area contributed by atoms with Crippen LogP contribution in [0.2, 0.25) is 0 Å². The van der Waals surface area contributed by atoms with Crippen LogP contribution < -0.4 is 0 Å². The molecule has 1 aliphatic carbocycles. The van der Waals surface area contributed by atoms with Gasteiger partial charge in [-0.1, -0.05) is 18.3 Å². The molecule has 0 aromatic carbocycles. The highest BCUT2D eigenvalue weighted by Crippen LogP contribution is 2.19. The number of hydrogen-bond acceptors (Lipinski definition) is 1. The smallest absolute Gasteiger partial charge is 0.130 e. The van der Waals surface area contributed by atoms with Crippen molar-refractivity contribution in [2.45, 2.75) is 19.0 Å². The maximum atomic E-state index is 13.1. The van der Waals surface area contributed by atoms with E-state index < -0.39 is 5.67 Å². The van der Waals surface area contributed by atoms with Crippen molar-refractivity contribution in [1.29, 1.82) is 0 Å². The normalized spacial score (nSPS) is 32.4. The van der Waals surface area contributed by atoms with E-state index in [9.17, 15) is 4.39 Å². The molecule has 0 N–H and O–H groups in total. The molecule has 0 saturated carbocycles. The highest BCUT2D eigenvalue weighted by Gasteiger charge is 2.18. The monoisotopic (exact) mass is 156 g/mol. The largest absolute Gasteiger partial charge is 0.239 e. The predicted octanol–water partition coefficient (Wildman–Crippen LogP) is 2.60. The summed E-state index contributed by atoms with van der Waals surface area (Å²) in [6.45, 7) is 1.54. The number of alkyl halides is 1. The molecule has 0 heterocycles. The van der Waals surface area contributed by atoms with E-state index in [1.807, 2.05) is 0 Å². The predicted molar refractivity (Wildman–Crippen MR) is 45.0 cm³/mol. The van der Waals surface area contributed by atoms with Crippen LogP contribution >= 0.6 is 12.2 Å². The first-order valence-electron chi connectivity index (χ1n) is 3.19. The van der Waals surface area contributed by atoms with Crippen LogP contribution in [0.25, 0.3) is 0 Å². The molecule has 54 valence electrons. The van der Waals surface area contributed by atoms with Crippen molar-refractivity contribution in [1.82, 2.24) is 0 Å². The molecule has 0 saturated heterocycles. The summed E-state index contributed by atoms with van der Waals surface area (Å²) in [6.07, 6.45) is 7.09. The van der Waals surface area contributed by atoms with E-state index in [0.29, 0.717) is 11.3 Å². The van der Waals surface area contributed by atoms with Gasteiger partial charge in [0, 0.05) is 11.3 Å². The fourth-order valence-electron chi connectivity index (χ4n) is 0.785. The summed E-state index contributed by atoms with van der Waals surface area (Å²) in [5.74, 6) is 0. The lowest BCUT2D eigenvalue weighted by atomic mass is 10.1. The minimum absolute atomic E-state index is 0.420. The van der Waals surface area contributed by atoms with E-state index in [-0.39, 0.29) is 0 Å². The van der Waals surface area contributed by atoms with Gasteiger partial charge in [-0.15, -0.1) is 0 Å². The first-order valence-corrected chi connectivity index (χ1v) is 3.60. The van der Waals surface area contributed by atoms with Crippen molar-refractivity contribution in [2.75, 3.05) is 0 Å². The van der Waals surface area contributed by atoms with Crippen LogP contribution in [0.1, 0.15) is 13.3 Å². The van der Waals surface area contributed by atoms with E-state index in [1.54, 1.807) is 25.2 Å². The molecule has 0 nitrogen and oxygen atoms in total. The first kappa shape index (κ1) is 7.61. The Morgan fingerprint density at radius 2 is 2.30 bits per heavy atom. The molecule has 0 spiro atoms. The van der Waals surface area contributed by atoms with Gasteiger partial charge in [-0.2, -0.15) is 0 Å². The molecule has 0 aliphatic heterocycles. The fraction of sp³-hybridized carbons (Fsp3) is 0.375. The second-order valence-electron chi connectivity index (χ2n) is 2.62. The van der Waals surface area contributed by atoms with Gasteiger partial charge in [-0.3, -0.25) is 0 Å². The number of rotatable bonds is 0. The van der Waals surface area contributed by atoms with Gasteiger partial charge in [0.2, 0.25) is 0 Å². The minimum Gasteiger partial charge on any atom is -0.239 e. The summed E-state index contributed by atoms with van der Waals surface area (Å²) in [5.41, 5.74) is -1.21. The maximum Gasteiger partial charge on any atom is 0.130 e. The van der Waals surface area contributed by atoms with Crippen molar-refractivity contribution in [3.8, 4) is 0 Å². The molecule has 0 fully saturated rings. The number of halogens is 1. The quantitative estimate of drug-likeness (QED) is 0.486. The summed E-state index contributed by atoms with van der Waals surface area (Å²) in [7, 11) is 0. The van der Waals surface area contributed by atoms with E-state index in [0.717, 1.165) is 0 Å². The van der Waals surface area contributed by atoms with Gasteiger partial charge in [-0.05, 0) is 25.2 Å². The van der Waals surface area contributed by atoms with Crippen LogP contribution in [0.15, 0.2) is 24.3 Å². The Balaban J connectivity index is 2.82. The Morgan fingerprint density at radius 3 is 3.00 bits per heavy atom. The molecular formula is C8H9FS. The molecule has 1 aliphatic rings. The Morgan fingerprint density at radius 1 is 1.60 bits per heavy atom. The van der Waals surface area contributed by atoms with Gasteiger partial charge in [0.25, 0.3) is 0 Å². The van der Waals surface area contributed by atoms with Crippen LogP contribution in [0.5, 0.6) is 0 Å². The van der Waals surface area contributed by atoms with E-state index in [4.69, 9.17) is 12.2 Å². The van der Waals surface area contributed by atoms with Crippen LogP contribution in [0, 0.1) is 0 Å². The number of allylic oxidation sites excluding steroid dienone is 4. The molecule has 2 heteroatoms. The maximum absolute atomic E-state index is 13.1. The SMILES string of the molecule is CC1(F)C=CC(=S)C=CC1. The lowest BCUT2D eigenvalue weighted by molar-refractivity contribution is 0.262. The van der Waals surface area contributed by atoms with Crippen molar-refractivity contribution >= 4 is 17.1 Å². The third-order valence-corrected chi connectivity index (χ3v) is 1.67. The van der Waals surface area contributed by atoms with E-state index >= 15 is 0 Å². The lowest BCUT2D eigenvalue weighted by Crippen LogP contribution is -2.11. The topological polar surface area (TPSA) is 0 Å². The fourth-order valence-corrected chi connectivity index (χ4v) is 0.949. The Bertz CT molecular complexity index is 201. The average molecular weight is 156 g/mol. The van der Waals surface area contributed by atoms with E-state index in [2.05, 4.69) is 0 Å². The van der Waals surface area contributed by atoms with Gasteiger partial charge in [-0.25, -0.2) is 4.39 Å². The Kier molecular flexibility index (Phi) is 2.00. The van der Waals surface area contributed by atoms with Gasteiger partial charge in [0.15, 0.2) is 0 Å². The molecular weight excluding hydrogens is 147 g/mol. The van der Waals surface area contributed by atoms with Crippen molar-refractivity contribution < 1.29 is 4.39 Å². The highest BCUT2D eigenvalue weighted by atomic mass is 32.1. The van der Waals surface area contributed by atoms with Crippen LogP contribution in [0.4, 0.5) is 4.39 Å². The summed E-state index contributed by atoms with van der Waals surface area (Å²) < 4.78 is 13.1. The van der Waals surface area contributed by atoms with Gasteiger partial charge in [0.05, 0.1) is 0 Å². The molecule has 0 radical (unpaired) electrons. The summed E-state index contributed by atoms with van der Waals surface area (Å²) in [4.78, 5) is 0.696. The molecule has 0 bridgehead atoms. The summed E-state index contributed by atoms with van der Waals surface area (Å²) in [5, 5.41) is 0. The van der Waals surface area contributed by atoms with Gasteiger partial charge < -0.3 is 0 Å². The lowest BCUT2D eigenvalue weighted by Gasteiger charge is -2.10. The third kappa shape index (κ3) is 2.03. The number of hydrogen-bond donors (Lipinski definition) is 0. The molecule has 1 rings (SSSR count). The van der Waals surface area contributed by atoms with Crippen molar-refractivity contribution in [3.05, 3.63) is 24.3 Å². The van der Waals surface area contributed by atoms with Crippen LogP contribution in [-0.2, 0) is 0 Å². The molecule has 10 heavy (non-hydrogen) atoms. The molecule has 0 aromatic heterocycles. The average Bonchev–Trinajstić information content (AvgIpc) is 1.94. The van der Waals surface area contributed by atoms with Gasteiger partial charge in [0.1, 0.15) is 5.67 Å². The van der Waals surface area contributed by atoms with E-state index in [1.165, 1.54) is 6.08 Å². The Hall–Kier alpha value is -0.500. The molecule has 0 amide bonds. The second-order valence-corrected chi connectivity index (χ2v) is 3.09. The standard InChI is InChI=1S/C8H9FS/c1-8(9)5-2-3-7(10)4-6-8/h2-4,6H,5H2,1H3. The third-order valence-electron chi connectivity index (χ3n) is 1.39. The highest BCUT2D eigenvalue weighted by molar-refractivity contribution is 7.81. The van der Waals surface area contributed by atoms with Crippen LogP contribution in [-0.4, -0.2) is 10.5 Å². The minimum atomic E-state index is -1.21. The summed E-state index contributed by atoms with van der Waals surface area (Å²) in [6, 6.07) is 0. The Labute approximate surface area is 65.4 Å². The number of thiocarbonyl (C=S) groups is 1. The zero-order chi connectivity index (χ0) is 7.61. The first-order chi connectivity index (χ1) is 4.60. The van der Waals surface area contributed by atoms with Crippen molar-refractivity contribution in [3.63, 3.8) is 0 Å². The second kappa shape index (κ2) is 2.62. The van der Waals surface area contributed by atoms with Gasteiger partial charge >= 0.3 is 0 Å². The summed E-state index contributed by atoms with van der Waals surface area (Å²) >= 11 is 4.85. The molecule has 0 aromatic rings.